The number of nitrogens with two attached hydrogens (primary N) is 3. The van der Waals surface area contributed by atoms with E-state index in [0.29, 0.717) is 5.56 Å². The number of hydrogen-bond acceptors (Lipinski definition) is 7. The van der Waals surface area contributed by atoms with E-state index in [1.807, 2.05) is 6.07 Å². The fraction of sp³-hybridized carbons (Fsp3) is 0.346. The van der Waals surface area contributed by atoms with E-state index in [1.165, 1.54) is 23.1 Å². The first kappa shape index (κ1) is 31.3. The Balaban J connectivity index is 2.07. The maximum absolute atomic E-state index is 13.0. The Hall–Kier alpha value is -3.94. The van der Waals surface area contributed by atoms with E-state index in [-0.39, 0.29) is 39.1 Å². The molecule has 8 N–H and O–H groups in total. The van der Waals surface area contributed by atoms with Crippen LogP contribution in [0.4, 0.5) is 13.2 Å². The Bertz CT molecular complexity index is 1090. The fourth-order valence-electron chi connectivity index (χ4n) is 3.42. The highest BCUT2D eigenvalue weighted by atomic mass is 19.4. The summed E-state index contributed by atoms with van der Waals surface area (Å²) in [4.78, 5) is 39.7. The van der Waals surface area contributed by atoms with Crippen molar-refractivity contribution in [3.63, 3.8) is 0 Å². The normalized spacial score (nSPS) is 13.0. The highest BCUT2D eigenvalue weighted by molar-refractivity contribution is 5.93. The number of amides is 3. The van der Waals surface area contributed by atoms with Gasteiger partial charge in [-0.15, -0.1) is 13.2 Å². The molecule has 0 aliphatic rings. The molecule has 0 fully saturated rings. The highest BCUT2D eigenvalue weighted by Crippen LogP contribution is 2.22. The summed E-state index contributed by atoms with van der Waals surface area (Å²) in [6.07, 6.45) is -2.03. The summed E-state index contributed by atoms with van der Waals surface area (Å²) in [7, 11) is 0. The van der Waals surface area contributed by atoms with E-state index >= 15 is 0 Å². The Kier molecular flexibility index (Phi) is 12.4. The number of carbonyl (C=O) groups is 3. The Labute approximate surface area is 224 Å². The number of nitrogens with zero attached hydrogens (tertiary/aromatic N) is 1. The smallest absolute Gasteiger partial charge is 0.406 e. The second kappa shape index (κ2) is 15.5. The van der Waals surface area contributed by atoms with Crippen LogP contribution in [0.5, 0.6) is 5.75 Å². The van der Waals surface area contributed by atoms with Crippen LogP contribution in [0.2, 0.25) is 0 Å². The van der Waals surface area contributed by atoms with Gasteiger partial charge in [0, 0.05) is 32.7 Å². The van der Waals surface area contributed by atoms with Crippen molar-refractivity contribution in [1.82, 2.24) is 15.5 Å². The largest absolute Gasteiger partial charge is 0.573 e. The van der Waals surface area contributed by atoms with Crippen LogP contribution in [0.1, 0.15) is 17.5 Å². The molecule has 0 bridgehead atoms. The molecule has 2 aromatic rings. The molecular formula is C26H33F3N6O4. The minimum absolute atomic E-state index is 0.0334. The zero-order valence-corrected chi connectivity index (χ0v) is 21.2. The molecule has 13 heteroatoms. The highest BCUT2D eigenvalue weighted by Gasteiger charge is 2.31. The summed E-state index contributed by atoms with van der Waals surface area (Å²) in [5.41, 5.74) is 18.3. The number of benzene rings is 2. The van der Waals surface area contributed by atoms with Crippen molar-refractivity contribution in [2.45, 2.75) is 31.4 Å². The summed E-state index contributed by atoms with van der Waals surface area (Å²) in [6, 6.07) is 11.6. The van der Waals surface area contributed by atoms with Crippen LogP contribution in [0.3, 0.4) is 0 Å². The lowest BCUT2D eigenvalue weighted by Crippen LogP contribution is -2.52. The number of rotatable bonds is 14. The lowest BCUT2D eigenvalue weighted by atomic mass is 10.1. The summed E-state index contributed by atoms with van der Waals surface area (Å²) >= 11 is 0. The molecular weight excluding hydrogens is 517 g/mol. The van der Waals surface area contributed by atoms with Crippen LogP contribution < -0.4 is 32.6 Å². The molecule has 3 amide bonds. The molecule has 10 nitrogen and oxygen atoms in total. The van der Waals surface area contributed by atoms with Crippen molar-refractivity contribution in [1.29, 1.82) is 0 Å². The van der Waals surface area contributed by atoms with Crippen LogP contribution in [-0.4, -0.2) is 67.2 Å². The SMILES string of the molecule is NCCN(CCN)C(=O)CC(N)C(=O)NC(C=Cc1ccccc1)C(=O)NCc1ccc(OC(F)(F)F)cc1. The first-order valence-corrected chi connectivity index (χ1v) is 12.1. The molecule has 212 valence electrons. The van der Waals surface area contributed by atoms with Gasteiger partial charge < -0.3 is 37.5 Å². The van der Waals surface area contributed by atoms with Crippen LogP contribution in [-0.2, 0) is 20.9 Å². The molecule has 2 aromatic carbocycles. The third-order valence-electron chi connectivity index (χ3n) is 5.37. The second-order valence-electron chi connectivity index (χ2n) is 8.43. The first-order chi connectivity index (χ1) is 18.5. The molecule has 2 atom stereocenters. The van der Waals surface area contributed by atoms with E-state index in [1.54, 1.807) is 30.3 Å². The number of carbonyl (C=O) groups excluding carboxylic acids is 3. The van der Waals surface area contributed by atoms with Crippen molar-refractivity contribution < 1.29 is 32.3 Å². The Morgan fingerprint density at radius 2 is 1.56 bits per heavy atom. The van der Waals surface area contributed by atoms with Crippen LogP contribution in [0, 0.1) is 0 Å². The van der Waals surface area contributed by atoms with Gasteiger partial charge in [-0.1, -0.05) is 54.6 Å². The predicted molar refractivity (Wildman–Crippen MR) is 140 cm³/mol. The minimum atomic E-state index is -4.81. The van der Waals surface area contributed by atoms with Gasteiger partial charge in [0.2, 0.25) is 17.7 Å². The average molecular weight is 551 g/mol. The maximum atomic E-state index is 13.0. The van der Waals surface area contributed by atoms with E-state index in [2.05, 4.69) is 15.4 Å². The quantitative estimate of drug-likeness (QED) is 0.233. The van der Waals surface area contributed by atoms with Crippen LogP contribution >= 0.6 is 0 Å². The van der Waals surface area contributed by atoms with Gasteiger partial charge in [0.1, 0.15) is 11.8 Å². The topological polar surface area (TPSA) is 166 Å². The molecule has 0 aliphatic heterocycles. The van der Waals surface area contributed by atoms with Crippen molar-refractivity contribution in [2.24, 2.45) is 17.2 Å². The maximum Gasteiger partial charge on any atom is 0.573 e. The van der Waals surface area contributed by atoms with Crippen LogP contribution in [0.25, 0.3) is 6.08 Å². The first-order valence-electron chi connectivity index (χ1n) is 12.1. The average Bonchev–Trinajstić information content (AvgIpc) is 2.89. The predicted octanol–water partition coefficient (Wildman–Crippen LogP) is 0.863. The van der Waals surface area contributed by atoms with Crippen molar-refractivity contribution >= 4 is 23.8 Å². The molecule has 0 aromatic heterocycles. The fourth-order valence-corrected chi connectivity index (χ4v) is 3.42. The summed E-state index contributed by atoms with van der Waals surface area (Å²) in [5.74, 6) is -2.12. The number of hydrogen-bond donors (Lipinski definition) is 5. The molecule has 0 aliphatic carbocycles. The monoisotopic (exact) mass is 550 g/mol. The molecule has 0 radical (unpaired) electrons. The summed E-state index contributed by atoms with van der Waals surface area (Å²) < 4.78 is 40.9. The molecule has 2 unspecified atom stereocenters. The number of alkyl halides is 3. The zero-order chi connectivity index (χ0) is 28.8. The summed E-state index contributed by atoms with van der Waals surface area (Å²) in [6.45, 7) is 0.932. The minimum Gasteiger partial charge on any atom is -0.406 e. The second-order valence-corrected chi connectivity index (χ2v) is 8.43. The van der Waals surface area contributed by atoms with E-state index < -0.39 is 41.9 Å². The third-order valence-corrected chi connectivity index (χ3v) is 5.37. The molecule has 0 heterocycles. The third kappa shape index (κ3) is 11.5. The van der Waals surface area contributed by atoms with E-state index in [9.17, 15) is 27.6 Å². The van der Waals surface area contributed by atoms with Gasteiger partial charge in [0.25, 0.3) is 0 Å². The molecule has 2 rings (SSSR count). The van der Waals surface area contributed by atoms with Crippen LogP contribution in [0.15, 0.2) is 60.7 Å². The van der Waals surface area contributed by atoms with Crippen molar-refractivity contribution in [3.05, 3.63) is 71.8 Å². The number of halogens is 3. The Morgan fingerprint density at radius 3 is 2.13 bits per heavy atom. The van der Waals surface area contributed by atoms with Gasteiger partial charge in [-0.3, -0.25) is 14.4 Å². The summed E-state index contributed by atoms with van der Waals surface area (Å²) in [5, 5.41) is 5.17. The molecule has 39 heavy (non-hydrogen) atoms. The van der Waals surface area contributed by atoms with Gasteiger partial charge in [-0.05, 0) is 23.3 Å². The number of nitrogens with one attached hydrogen (secondary N) is 2. The molecule has 0 saturated heterocycles. The number of ether oxygens (including phenoxy) is 1. The lowest BCUT2D eigenvalue weighted by Gasteiger charge is -2.23. The zero-order valence-electron chi connectivity index (χ0n) is 21.2. The lowest BCUT2D eigenvalue weighted by molar-refractivity contribution is -0.274. The van der Waals surface area contributed by atoms with Gasteiger partial charge in [0.15, 0.2) is 0 Å². The van der Waals surface area contributed by atoms with Crippen molar-refractivity contribution in [2.75, 3.05) is 26.2 Å². The van der Waals surface area contributed by atoms with Gasteiger partial charge in [-0.2, -0.15) is 0 Å². The van der Waals surface area contributed by atoms with Gasteiger partial charge in [0.05, 0.1) is 12.5 Å². The standard InChI is InChI=1S/C26H33F3N6O4/c27-26(28,29)39-20-9-6-19(7-10-20)17-33-25(38)22(11-8-18-4-2-1-3-5-18)34-24(37)21(32)16-23(36)35(14-12-30)15-13-31/h1-11,21-22H,12-17,30-32H2,(H,33,38)(H,34,37). The van der Waals surface area contributed by atoms with Crippen molar-refractivity contribution in [3.8, 4) is 5.75 Å². The van der Waals surface area contributed by atoms with Gasteiger partial charge in [-0.25, -0.2) is 0 Å². The molecule has 0 saturated carbocycles. The van der Waals surface area contributed by atoms with E-state index in [0.717, 1.165) is 17.7 Å². The Morgan fingerprint density at radius 1 is 0.949 bits per heavy atom. The van der Waals surface area contributed by atoms with Gasteiger partial charge >= 0.3 is 6.36 Å². The van der Waals surface area contributed by atoms with E-state index in [4.69, 9.17) is 17.2 Å². The molecule has 0 spiro atoms.